The van der Waals surface area contributed by atoms with Crippen molar-refractivity contribution in [3.63, 3.8) is 0 Å². The normalized spacial score (nSPS) is 21.3. The second-order valence-corrected chi connectivity index (χ2v) is 8.99. The van der Waals surface area contributed by atoms with Gasteiger partial charge in [0.1, 0.15) is 9.84 Å². The standard InChI is InChI=1S/C18H30N4O2S.HI/c1-4-19-18(20-10-11-25(3,23)24)21-17-12-15(2)22(14-17)13-16-8-6-5-7-9-16;/h5-9,15,17H,4,10-14H2,1-3H3,(H2,19,20,21);1H. The molecule has 2 unspecified atom stereocenters. The first-order valence-electron chi connectivity index (χ1n) is 8.88. The van der Waals surface area contributed by atoms with E-state index >= 15 is 0 Å². The number of sulfone groups is 1. The summed E-state index contributed by atoms with van der Waals surface area (Å²) in [5.74, 6) is 0.773. The van der Waals surface area contributed by atoms with E-state index in [-0.39, 0.29) is 36.3 Å². The molecule has 1 aliphatic heterocycles. The second-order valence-electron chi connectivity index (χ2n) is 6.73. The lowest BCUT2D eigenvalue weighted by molar-refractivity contribution is 0.258. The molecule has 148 valence electrons. The van der Waals surface area contributed by atoms with Gasteiger partial charge in [0.05, 0.1) is 12.3 Å². The Morgan fingerprint density at radius 3 is 2.62 bits per heavy atom. The zero-order valence-corrected chi connectivity index (χ0v) is 19.0. The van der Waals surface area contributed by atoms with Gasteiger partial charge in [0.15, 0.2) is 5.96 Å². The quantitative estimate of drug-likeness (QED) is 0.344. The van der Waals surface area contributed by atoms with Crippen LogP contribution in [0.25, 0.3) is 0 Å². The first-order valence-corrected chi connectivity index (χ1v) is 10.9. The molecule has 6 nitrogen and oxygen atoms in total. The van der Waals surface area contributed by atoms with E-state index in [1.165, 1.54) is 11.8 Å². The van der Waals surface area contributed by atoms with Crippen LogP contribution in [0.15, 0.2) is 35.3 Å². The van der Waals surface area contributed by atoms with Crippen LogP contribution in [0.4, 0.5) is 0 Å². The van der Waals surface area contributed by atoms with Crippen molar-refractivity contribution in [3.8, 4) is 0 Å². The van der Waals surface area contributed by atoms with Crippen molar-refractivity contribution < 1.29 is 8.42 Å². The van der Waals surface area contributed by atoms with E-state index in [9.17, 15) is 8.42 Å². The monoisotopic (exact) mass is 494 g/mol. The number of hydrogen-bond donors (Lipinski definition) is 2. The van der Waals surface area contributed by atoms with E-state index < -0.39 is 9.84 Å². The maximum Gasteiger partial charge on any atom is 0.191 e. The molecule has 1 saturated heterocycles. The molecule has 1 aliphatic rings. The van der Waals surface area contributed by atoms with Gasteiger partial charge >= 0.3 is 0 Å². The molecule has 0 aliphatic carbocycles. The average Bonchev–Trinajstić information content (AvgIpc) is 2.87. The predicted octanol–water partition coefficient (Wildman–Crippen LogP) is 1.87. The maximum atomic E-state index is 11.3. The third kappa shape index (κ3) is 8.22. The molecule has 0 spiro atoms. The number of guanidine groups is 1. The number of nitrogens with one attached hydrogen (secondary N) is 2. The molecular weight excluding hydrogens is 463 g/mol. The Morgan fingerprint density at radius 1 is 1.31 bits per heavy atom. The van der Waals surface area contributed by atoms with Crippen molar-refractivity contribution >= 4 is 39.8 Å². The van der Waals surface area contributed by atoms with Crippen molar-refractivity contribution in [3.05, 3.63) is 35.9 Å². The van der Waals surface area contributed by atoms with E-state index in [2.05, 4.69) is 51.7 Å². The summed E-state index contributed by atoms with van der Waals surface area (Å²) in [6, 6.07) is 11.3. The Hall–Kier alpha value is -0.870. The van der Waals surface area contributed by atoms with Gasteiger partial charge in [-0.2, -0.15) is 0 Å². The molecule has 2 rings (SSSR count). The molecule has 1 aromatic rings. The van der Waals surface area contributed by atoms with Gasteiger partial charge in [0, 0.05) is 38.0 Å². The molecule has 2 N–H and O–H groups in total. The summed E-state index contributed by atoms with van der Waals surface area (Å²) >= 11 is 0. The van der Waals surface area contributed by atoms with Crippen molar-refractivity contribution in [2.45, 2.75) is 38.9 Å². The van der Waals surface area contributed by atoms with Crippen molar-refractivity contribution in [2.24, 2.45) is 4.99 Å². The van der Waals surface area contributed by atoms with Crippen LogP contribution >= 0.6 is 24.0 Å². The third-order valence-electron chi connectivity index (χ3n) is 4.35. The summed E-state index contributed by atoms with van der Waals surface area (Å²) < 4.78 is 22.5. The van der Waals surface area contributed by atoms with Gasteiger partial charge in [0.2, 0.25) is 0 Å². The van der Waals surface area contributed by atoms with Crippen LogP contribution in [0.3, 0.4) is 0 Å². The predicted molar refractivity (Wildman–Crippen MR) is 119 cm³/mol. The van der Waals surface area contributed by atoms with E-state index in [1.54, 1.807) is 0 Å². The topological polar surface area (TPSA) is 73.8 Å². The highest BCUT2D eigenvalue weighted by Crippen LogP contribution is 2.20. The van der Waals surface area contributed by atoms with E-state index in [4.69, 9.17) is 0 Å². The molecule has 0 radical (unpaired) electrons. The smallest absolute Gasteiger partial charge is 0.191 e. The first kappa shape index (κ1) is 23.2. The van der Waals surface area contributed by atoms with Gasteiger partial charge < -0.3 is 10.6 Å². The van der Waals surface area contributed by atoms with Gasteiger partial charge in [-0.3, -0.25) is 9.89 Å². The zero-order valence-electron chi connectivity index (χ0n) is 15.8. The van der Waals surface area contributed by atoms with Gasteiger partial charge in [0.25, 0.3) is 0 Å². The zero-order chi connectivity index (χ0) is 18.3. The fourth-order valence-corrected chi connectivity index (χ4v) is 3.50. The number of hydrogen-bond acceptors (Lipinski definition) is 4. The summed E-state index contributed by atoms with van der Waals surface area (Å²) in [5, 5.41) is 6.65. The summed E-state index contributed by atoms with van der Waals surface area (Å²) in [6.07, 6.45) is 2.28. The number of benzene rings is 1. The highest BCUT2D eigenvalue weighted by Gasteiger charge is 2.29. The number of aliphatic imine (C=N–C) groups is 1. The molecule has 26 heavy (non-hydrogen) atoms. The Labute approximate surface area is 174 Å². The van der Waals surface area contributed by atoms with Crippen molar-refractivity contribution in [2.75, 3.05) is 31.6 Å². The number of rotatable bonds is 7. The summed E-state index contributed by atoms with van der Waals surface area (Å²) in [4.78, 5) is 6.86. The summed E-state index contributed by atoms with van der Waals surface area (Å²) in [5.41, 5.74) is 1.32. The number of nitrogens with zero attached hydrogens (tertiary/aromatic N) is 2. The molecule has 2 atom stereocenters. The van der Waals surface area contributed by atoms with Crippen LogP contribution in [0, 0.1) is 0 Å². The Kier molecular flexibility index (Phi) is 9.88. The molecule has 0 aromatic heterocycles. The lowest BCUT2D eigenvalue weighted by Crippen LogP contribution is -2.44. The van der Waals surface area contributed by atoms with Crippen LogP contribution in [0.5, 0.6) is 0 Å². The lowest BCUT2D eigenvalue weighted by atomic mass is 10.2. The first-order chi connectivity index (χ1) is 11.9. The van der Waals surface area contributed by atoms with E-state index in [0.717, 1.165) is 26.1 Å². The molecule has 1 heterocycles. The van der Waals surface area contributed by atoms with Crippen LogP contribution < -0.4 is 10.6 Å². The Balaban J connectivity index is 0.00000338. The fraction of sp³-hybridized carbons (Fsp3) is 0.611. The number of likely N-dealkylation sites (tertiary alicyclic amines) is 1. The van der Waals surface area contributed by atoms with Gasteiger partial charge in [-0.05, 0) is 25.8 Å². The van der Waals surface area contributed by atoms with Crippen LogP contribution in [-0.2, 0) is 16.4 Å². The second kappa shape index (κ2) is 11.1. The van der Waals surface area contributed by atoms with Gasteiger partial charge in [-0.1, -0.05) is 30.3 Å². The molecule has 8 heteroatoms. The summed E-state index contributed by atoms with van der Waals surface area (Å²) in [7, 11) is -2.98. The van der Waals surface area contributed by atoms with E-state index in [0.29, 0.717) is 18.0 Å². The van der Waals surface area contributed by atoms with Crippen LogP contribution in [0.2, 0.25) is 0 Å². The Bertz CT molecular complexity index is 667. The van der Waals surface area contributed by atoms with E-state index in [1.807, 2.05) is 13.0 Å². The van der Waals surface area contributed by atoms with Gasteiger partial charge in [-0.15, -0.1) is 24.0 Å². The summed E-state index contributed by atoms with van der Waals surface area (Å²) in [6.45, 7) is 7.18. The van der Waals surface area contributed by atoms with Gasteiger partial charge in [-0.25, -0.2) is 8.42 Å². The Morgan fingerprint density at radius 2 is 2.00 bits per heavy atom. The highest BCUT2D eigenvalue weighted by atomic mass is 127. The fourth-order valence-electron chi connectivity index (χ4n) is 3.08. The molecule has 1 aromatic carbocycles. The van der Waals surface area contributed by atoms with Crippen molar-refractivity contribution in [1.29, 1.82) is 0 Å². The van der Waals surface area contributed by atoms with Crippen LogP contribution in [0.1, 0.15) is 25.8 Å². The largest absolute Gasteiger partial charge is 0.357 e. The molecule has 0 bridgehead atoms. The lowest BCUT2D eigenvalue weighted by Gasteiger charge is -2.21. The SMILES string of the molecule is CCNC(=NCCS(C)(=O)=O)NC1CC(C)N(Cc2ccccc2)C1.I. The average molecular weight is 494 g/mol. The molecular formula is C18H31IN4O2S. The third-order valence-corrected chi connectivity index (χ3v) is 5.27. The number of halogens is 1. The minimum absolute atomic E-state index is 0. The minimum atomic E-state index is -2.98. The molecule has 0 saturated carbocycles. The molecule has 0 amide bonds. The minimum Gasteiger partial charge on any atom is -0.357 e. The highest BCUT2D eigenvalue weighted by molar-refractivity contribution is 14.0. The van der Waals surface area contributed by atoms with Crippen LogP contribution in [-0.4, -0.2) is 63.0 Å². The molecule has 1 fully saturated rings. The maximum absolute atomic E-state index is 11.3. The van der Waals surface area contributed by atoms with Crippen molar-refractivity contribution in [1.82, 2.24) is 15.5 Å².